The maximum absolute atomic E-state index is 10.3. The minimum atomic E-state index is -0.754. The first-order chi connectivity index (χ1) is 7.25. The molecule has 4 heteroatoms. The Hall–Kier alpha value is -1.84. The SMILES string of the molecule is O=C(O)CCCc1ccc2cnoc2c1. The van der Waals surface area contributed by atoms with Crippen LogP contribution in [-0.4, -0.2) is 16.2 Å². The molecule has 0 aliphatic heterocycles. The van der Waals surface area contributed by atoms with Crippen molar-refractivity contribution in [2.75, 3.05) is 0 Å². The van der Waals surface area contributed by atoms with Crippen LogP contribution < -0.4 is 0 Å². The van der Waals surface area contributed by atoms with Gasteiger partial charge in [-0.3, -0.25) is 4.79 Å². The fourth-order valence-electron chi connectivity index (χ4n) is 1.50. The van der Waals surface area contributed by atoms with E-state index in [0.29, 0.717) is 6.42 Å². The number of hydrogen-bond acceptors (Lipinski definition) is 3. The van der Waals surface area contributed by atoms with E-state index in [1.165, 1.54) is 0 Å². The van der Waals surface area contributed by atoms with Crippen molar-refractivity contribution >= 4 is 16.9 Å². The molecule has 1 aromatic heterocycles. The molecule has 0 radical (unpaired) electrons. The Morgan fingerprint density at radius 3 is 3.13 bits per heavy atom. The van der Waals surface area contributed by atoms with E-state index in [4.69, 9.17) is 9.63 Å². The summed E-state index contributed by atoms with van der Waals surface area (Å²) in [6.45, 7) is 0. The molecule has 2 rings (SSSR count). The van der Waals surface area contributed by atoms with Gasteiger partial charge in [-0.2, -0.15) is 0 Å². The minimum absolute atomic E-state index is 0.203. The van der Waals surface area contributed by atoms with Crippen LogP contribution in [0.25, 0.3) is 11.0 Å². The highest BCUT2D eigenvalue weighted by Gasteiger charge is 2.01. The summed E-state index contributed by atoms with van der Waals surface area (Å²) in [7, 11) is 0. The summed E-state index contributed by atoms with van der Waals surface area (Å²) in [5.41, 5.74) is 1.84. The highest BCUT2D eigenvalue weighted by Crippen LogP contribution is 2.16. The van der Waals surface area contributed by atoms with Crippen LogP contribution in [0, 0.1) is 0 Å². The summed E-state index contributed by atoms with van der Waals surface area (Å²) < 4.78 is 5.02. The van der Waals surface area contributed by atoms with Gasteiger partial charge in [-0.15, -0.1) is 0 Å². The average Bonchev–Trinajstić information content (AvgIpc) is 2.64. The second-order valence-corrected chi connectivity index (χ2v) is 3.45. The first-order valence-corrected chi connectivity index (χ1v) is 4.81. The minimum Gasteiger partial charge on any atom is -0.481 e. The number of aromatic nitrogens is 1. The molecule has 0 bridgehead atoms. The molecular formula is C11H11NO3. The molecule has 1 N–H and O–H groups in total. The number of aryl methyl sites for hydroxylation is 1. The molecule has 2 aromatic rings. The fraction of sp³-hybridized carbons (Fsp3) is 0.273. The fourth-order valence-corrected chi connectivity index (χ4v) is 1.50. The number of benzene rings is 1. The van der Waals surface area contributed by atoms with Gasteiger partial charge >= 0.3 is 5.97 Å². The topological polar surface area (TPSA) is 63.3 Å². The predicted molar refractivity (Wildman–Crippen MR) is 54.6 cm³/mol. The molecule has 0 unspecified atom stereocenters. The predicted octanol–water partition coefficient (Wildman–Crippen LogP) is 2.24. The van der Waals surface area contributed by atoms with Crippen LogP contribution in [-0.2, 0) is 11.2 Å². The molecule has 0 aliphatic rings. The van der Waals surface area contributed by atoms with Crippen LogP contribution in [0.15, 0.2) is 28.9 Å². The van der Waals surface area contributed by atoms with Crippen LogP contribution in [0.3, 0.4) is 0 Å². The molecule has 78 valence electrons. The molecule has 4 nitrogen and oxygen atoms in total. The molecule has 1 aromatic carbocycles. The van der Waals surface area contributed by atoms with Crippen molar-refractivity contribution in [3.8, 4) is 0 Å². The van der Waals surface area contributed by atoms with Crippen LogP contribution in [0.1, 0.15) is 18.4 Å². The highest BCUT2D eigenvalue weighted by molar-refractivity contribution is 5.76. The van der Waals surface area contributed by atoms with Crippen LogP contribution in [0.2, 0.25) is 0 Å². The van der Waals surface area contributed by atoms with E-state index < -0.39 is 5.97 Å². The summed E-state index contributed by atoms with van der Waals surface area (Å²) in [5.74, 6) is -0.754. The van der Waals surface area contributed by atoms with Crippen molar-refractivity contribution in [1.29, 1.82) is 0 Å². The zero-order valence-corrected chi connectivity index (χ0v) is 8.14. The number of carboxylic acid groups (broad SMARTS) is 1. The number of nitrogens with zero attached hydrogens (tertiary/aromatic N) is 1. The van der Waals surface area contributed by atoms with Gasteiger partial charge in [0.05, 0.1) is 6.20 Å². The maximum atomic E-state index is 10.3. The Balaban J connectivity index is 2.04. The molecule has 0 saturated carbocycles. The number of fused-ring (bicyclic) bond motifs is 1. The lowest BCUT2D eigenvalue weighted by molar-refractivity contribution is -0.137. The molecule has 15 heavy (non-hydrogen) atoms. The van der Waals surface area contributed by atoms with Gasteiger partial charge in [0.2, 0.25) is 0 Å². The van der Waals surface area contributed by atoms with Gasteiger partial charge in [-0.05, 0) is 30.5 Å². The van der Waals surface area contributed by atoms with Gasteiger partial charge in [-0.1, -0.05) is 11.2 Å². The third-order valence-electron chi connectivity index (χ3n) is 2.28. The van der Waals surface area contributed by atoms with Crippen LogP contribution in [0.4, 0.5) is 0 Å². The average molecular weight is 205 g/mol. The van der Waals surface area contributed by atoms with Crippen molar-refractivity contribution in [3.63, 3.8) is 0 Å². The van der Waals surface area contributed by atoms with E-state index in [0.717, 1.165) is 23.0 Å². The maximum Gasteiger partial charge on any atom is 0.303 e. The van der Waals surface area contributed by atoms with Crippen molar-refractivity contribution in [1.82, 2.24) is 5.16 Å². The standard InChI is InChI=1S/C11H11NO3/c13-11(14)3-1-2-8-4-5-9-7-12-15-10(9)6-8/h4-7H,1-3H2,(H,13,14). The monoisotopic (exact) mass is 205 g/mol. The first kappa shape index (κ1) is 9.71. The number of carbonyl (C=O) groups is 1. The van der Waals surface area contributed by atoms with Gasteiger partial charge in [0.1, 0.15) is 0 Å². The molecule has 0 spiro atoms. The lowest BCUT2D eigenvalue weighted by atomic mass is 10.1. The lowest BCUT2D eigenvalue weighted by Gasteiger charge is -1.98. The second-order valence-electron chi connectivity index (χ2n) is 3.45. The number of carboxylic acids is 1. The Morgan fingerprint density at radius 2 is 2.33 bits per heavy atom. The van der Waals surface area contributed by atoms with Crippen LogP contribution >= 0.6 is 0 Å². The molecule has 0 saturated heterocycles. The summed E-state index contributed by atoms with van der Waals surface area (Å²) >= 11 is 0. The van der Waals surface area contributed by atoms with E-state index in [2.05, 4.69) is 5.16 Å². The second kappa shape index (κ2) is 4.13. The van der Waals surface area contributed by atoms with Crippen molar-refractivity contribution < 1.29 is 14.4 Å². The molecule has 0 amide bonds. The molecule has 0 atom stereocenters. The lowest BCUT2D eigenvalue weighted by Crippen LogP contribution is -1.95. The van der Waals surface area contributed by atoms with E-state index in [9.17, 15) is 4.79 Å². The van der Waals surface area contributed by atoms with Crippen molar-refractivity contribution in [2.24, 2.45) is 0 Å². The smallest absolute Gasteiger partial charge is 0.303 e. The largest absolute Gasteiger partial charge is 0.481 e. The number of rotatable bonds is 4. The van der Waals surface area contributed by atoms with Gasteiger partial charge in [0, 0.05) is 11.8 Å². The Morgan fingerprint density at radius 1 is 1.47 bits per heavy atom. The molecule has 0 fully saturated rings. The number of hydrogen-bond donors (Lipinski definition) is 1. The van der Waals surface area contributed by atoms with Crippen molar-refractivity contribution in [2.45, 2.75) is 19.3 Å². The molecule has 0 aliphatic carbocycles. The zero-order valence-electron chi connectivity index (χ0n) is 8.14. The van der Waals surface area contributed by atoms with Crippen LogP contribution in [0.5, 0.6) is 0 Å². The van der Waals surface area contributed by atoms with Gasteiger partial charge < -0.3 is 9.63 Å². The summed E-state index contributed by atoms with van der Waals surface area (Å²) in [6, 6.07) is 5.81. The quantitative estimate of drug-likeness (QED) is 0.831. The third-order valence-corrected chi connectivity index (χ3v) is 2.28. The third kappa shape index (κ3) is 2.34. The van der Waals surface area contributed by atoms with E-state index >= 15 is 0 Å². The Kier molecular flexibility index (Phi) is 2.67. The molecule has 1 heterocycles. The Bertz CT molecular complexity index is 475. The summed E-state index contributed by atoms with van der Waals surface area (Å²) in [4.78, 5) is 10.3. The number of aliphatic carboxylic acids is 1. The summed E-state index contributed by atoms with van der Waals surface area (Å²) in [6.07, 6.45) is 3.27. The van der Waals surface area contributed by atoms with Gasteiger partial charge in [0.15, 0.2) is 5.58 Å². The zero-order chi connectivity index (χ0) is 10.7. The van der Waals surface area contributed by atoms with Crippen molar-refractivity contribution in [3.05, 3.63) is 30.0 Å². The van der Waals surface area contributed by atoms with E-state index in [1.54, 1.807) is 6.20 Å². The van der Waals surface area contributed by atoms with Gasteiger partial charge in [0.25, 0.3) is 0 Å². The van der Waals surface area contributed by atoms with E-state index in [-0.39, 0.29) is 6.42 Å². The first-order valence-electron chi connectivity index (χ1n) is 4.81. The normalized spacial score (nSPS) is 10.7. The summed E-state index contributed by atoms with van der Waals surface area (Å²) in [5, 5.41) is 13.2. The highest BCUT2D eigenvalue weighted by atomic mass is 16.5. The molecular weight excluding hydrogens is 194 g/mol. The van der Waals surface area contributed by atoms with Gasteiger partial charge in [-0.25, -0.2) is 0 Å². The Labute approximate surface area is 86.5 Å². The van der Waals surface area contributed by atoms with E-state index in [1.807, 2.05) is 18.2 Å².